The van der Waals surface area contributed by atoms with Crippen molar-refractivity contribution >= 4 is 68.4 Å². The molecule has 0 radical (unpaired) electrons. The number of carbonyl (C=O) groups excluding carboxylic acids is 1. The average molecular weight is 465 g/mol. The molecule has 9 heteroatoms. The molecule has 2 aromatic heterocycles. The fourth-order valence-electron chi connectivity index (χ4n) is 2.54. The summed E-state index contributed by atoms with van der Waals surface area (Å²) in [5, 5.41) is 4.26. The van der Waals surface area contributed by atoms with Gasteiger partial charge >= 0.3 is 0 Å². The molecule has 5 nitrogen and oxygen atoms in total. The first kappa shape index (κ1) is 22.4. The van der Waals surface area contributed by atoms with E-state index < -0.39 is 0 Å². The van der Waals surface area contributed by atoms with Crippen LogP contribution in [0.2, 0.25) is 0 Å². The van der Waals surface area contributed by atoms with E-state index in [1.165, 1.54) is 11.8 Å². The molecule has 0 atom stereocenters. The molecule has 0 spiro atoms. The quantitative estimate of drug-likeness (QED) is 0.249. The van der Waals surface area contributed by atoms with Gasteiger partial charge in [-0.15, -0.1) is 11.3 Å². The molecule has 0 saturated carbocycles. The first-order valence-electron chi connectivity index (χ1n) is 9.29. The van der Waals surface area contributed by atoms with Gasteiger partial charge in [0, 0.05) is 28.6 Å². The number of thioether (sulfide) groups is 3. The molecule has 3 rings (SSSR count). The molecular weight excluding hydrogens is 441 g/mol. The van der Waals surface area contributed by atoms with E-state index in [1.807, 2.05) is 49.9 Å². The number of amides is 1. The number of hydrogen-bond acceptors (Lipinski definition) is 8. The summed E-state index contributed by atoms with van der Waals surface area (Å²) in [7, 11) is 0. The lowest BCUT2D eigenvalue weighted by Crippen LogP contribution is -2.14. The van der Waals surface area contributed by atoms with Gasteiger partial charge in [-0.25, -0.2) is 15.0 Å². The van der Waals surface area contributed by atoms with Gasteiger partial charge in [0.05, 0.1) is 16.0 Å². The van der Waals surface area contributed by atoms with Crippen LogP contribution in [0, 0.1) is 13.8 Å². The van der Waals surface area contributed by atoms with Crippen molar-refractivity contribution in [1.82, 2.24) is 15.0 Å². The van der Waals surface area contributed by atoms with Gasteiger partial charge in [-0.2, -0.15) is 11.8 Å². The van der Waals surface area contributed by atoms with Crippen molar-refractivity contribution < 1.29 is 4.79 Å². The highest BCUT2D eigenvalue weighted by Crippen LogP contribution is 2.32. The van der Waals surface area contributed by atoms with Crippen molar-refractivity contribution in [2.75, 3.05) is 22.6 Å². The lowest BCUT2D eigenvalue weighted by Gasteiger charge is -2.05. The van der Waals surface area contributed by atoms with Crippen LogP contribution in [0.4, 0.5) is 5.69 Å². The van der Waals surface area contributed by atoms with Crippen LogP contribution in [0.3, 0.4) is 0 Å². The van der Waals surface area contributed by atoms with Crippen LogP contribution < -0.4 is 5.32 Å². The molecule has 0 unspecified atom stereocenters. The number of rotatable bonds is 9. The Labute approximate surface area is 188 Å². The van der Waals surface area contributed by atoms with Crippen molar-refractivity contribution in [2.24, 2.45) is 0 Å². The Morgan fingerprint density at radius 1 is 1.07 bits per heavy atom. The van der Waals surface area contributed by atoms with E-state index in [4.69, 9.17) is 0 Å². The third-order valence-electron chi connectivity index (χ3n) is 3.71. The predicted octanol–water partition coefficient (Wildman–Crippen LogP) is 5.67. The number of fused-ring (bicyclic) bond motifs is 1. The SMILES string of the molecule is Cc1cc(C)nc(SCC(=O)Nc2ccc3nc(SCCSC(C)C)sc3c2)n1. The van der Waals surface area contributed by atoms with Crippen molar-refractivity contribution in [3.63, 3.8) is 0 Å². The van der Waals surface area contributed by atoms with Crippen molar-refractivity contribution in [1.29, 1.82) is 0 Å². The molecular formula is C20H24N4OS4. The Morgan fingerprint density at radius 3 is 2.55 bits per heavy atom. The molecule has 0 bridgehead atoms. The van der Waals surface area contributed by atoms with Crippen molar-refractivity contribution in [2.45, 2.75) is 42.4 Å². The number of carbonyl (C=O) groups is 1. The van der Waals surface area contributed by atoms with Crippen LogP contribution in [0.5, 0.6) is 0 Å². The van der Waals surface area contributed by atoms with E-state index >= 15 is 0 Å². The molecule has 29 heavy (non-hydrogen) atoms. The Balaban J connectivity index is 1.54. The highest BCUT2D eigenvalue weighted by molar-refractivity contribution is 8.04. The summed E-state index contributed by atoms with van der Waals surface area (Å²) >= 11 is 6.79. The minimum atomic E-state index is -0.0677. The Hall–Kier alpha value is -1.29. The number of hydrogen-bond donors (Lipinski definition) is 1. The molecule has 0 aliphatic heterocycles. The minimum Gasteiger partial charge on any atom is -0.325 e. The maximum atomic E-state index is 12.3. The molecule has 1 aromatic carbocycles. The number of aromatic nitrogens is 3. The standard InChI is InChI=1S/C20H24N4OS4/c1-12(2)26-7-8-27-20-24-16-6-5-15(10-17(16)29-20)23-18(25)11-28-19-21-13(3)9-14(4)22-19/h5-6,9-10,12H,7-8,11H2,1-4H3,(H,23,25). The van der Waals surface area contributed by atoms with E-state index in [2.05, 4.69) is 34.1 Å². The van der Waals surface area contributed by atoms with E-state index in [1.54, 1.807) is 23.1 Å². The predicted molar refractivity (Wildman–Crippen MR) is 129 cm³/mol. The van der Waals surface area contributed by atoms with Crippen LogP contribution in [0.1, 0.15) is 25.2 Å². The van der Waals surface area contributed by atoms with Gasteiger partial charge in [0.1, 0.15) is 0 Å². The fourth-order valence-corrected chi connectivity index (χ4v) is 6.31. The zero-order chi connectivity index (χ0) is 20.8. The van der Waals surface area contributed by atoms with Gasteiger partial charge in [0.25, 0.3) is 0 Å². The maximum absolute atomic E-state index is 12.3. The molecule has 2 heterocycles. The third kappa shape index (κ3) is 7.16. The zero-order valence-electron chi connectivity index (χ0n) is 16.9. The Bertz CT molecular complexity index is 970. The van der Waals surface area contributed by atoms with Crippen LogP contribution in [0.15, 0.2) is 33.8 Å². The van der Waals surface area contributed by atoms with E-state index in [0.29, 0.717) is 10.4 Å². The van der Waals surface area contributed by atoms with E-state index in [9.17, 15) is 4.79 Å². The molecule has 0 fully saturated rings. The maximum Gasteiger partial charge on any atom is 0.234 e. The van der Waals surface area contributed by atoms with Gasteiger partial charge in [-0.1, -0.05) is 37.4 Å². The highest BCUT2D eigenvalue weighted by atomic mass is 32.2. The van der Waals surface area contributed by atoms with Crippen LogP contribution in [-0.2, 0) is 4.79 Å². The summed E-state index contributed by atoms with van der Waals surface area (Å²) in [6.07, 6.45) is 0. The molecule has 3 aromatic rings. The number of thiazole rings is 1. The summed E-state index contributed by atoms with van der Waals surface area (Å²) in [5.74, 6) is 2.39. The van der Waals surface area contributed by atoms with Crippen LogP contribution in [0.25, 0.3) is 10.2 Å². The van der Waals surface area contributed by atoms with Crippen molar-refractivity contribution in [3.05, 3.63) is 35.7 Å². The number of benzene rings is 1. The first-order chi connectivity index (χ1) is 13.9. The molecule has 1 N–H and O–H groups in total. The second kappa shape index (κ2) is 10.7. The van der Waals surface area contributed by atoms with Crippen LogP contribution in [-0.4, -0.2) is 43.4 Å². The first-order valence-corrected chi connectivity index (χ1v) is 13.1. The topological polar surface area (TPSA) is 67.8 Å². The summed E-state index contributed by atoms with van der Waals surface area (Å²) in [5.41, 5.74) is 3.59. The largest absolute Gasteiger partial charge is 0.325 e. The second-order valence-corrected chi connectivity index (χ2v) is 11.7. The van der Waals surface area contributed by atoms with Gasteiger partial charge < -0.3 is 5.32 Å². The zero-order valence-corrected chi connectivity index (χ0v) is 20.2. The highest BCUT2D eigenvalue weighted by Gasteiger charge is 2.09. The molecule has 1 amide bonds. The summed E-state index contributed by atoms with van der Waals surface area (Å²) in [6.45, 7) is 8.30. The summed E-state index contributed by atoms with van der Waals surface area (Å²) in [6, 6.07) is 7.79. The lowest BCUT2D eigenvalue weighted by atomic mass is 10.3. The van der Waals surface area contributed by atoms with Crippen molar-refractivity contribution in [3.8, 4) is 0 Å². The van der Waals surface area contributed by atoms with E-state index in [-0.39, 0.29) is 11.7 Å². The number of nitrogens with one attached hydrogen (secondary N) is 1. The third-order valence-corrected chi connectivity index (χ3v) is 8.08. The van der Waals surface area contributed by atoms with Gasteiger partial charge in [0.15, 0.2) is 9.50 Å². The molecule has 154 valence electrons. The summed E-state index contributed by atoms with van der Waals surface area (Å²) in [4.78, 5) is 25.7. The smallest absolute Gasteiger partial charge is 0.234 e. The second-order valence-electron chi connectivity index (χ2n) is 6.70. The van der Waals surface area contributed by atoms with E-state index in [0.717, 1.165) is 43.1 Å². The minimum absolute atomic E-state index is 0.0677. The number of aryl methyl sites for hydroxylation is 2. The van der Waals surface area contributed by atoms with Gasteiger partial charge in [0.2, 0.25) is 5.91 Å². The Kier molecular flexibility index (Phi) is 8.23. The number of nitrogens with zero attached hydrogens (tertiary/aromatic N) is 3. The Morgan fingerprint density at radius 2 is 1.83 bits per heavy atom. The van der Waals surface area contributed by atoms with Gasteiger partial charge in [-0.05, 0) is 43.4 Å². The van der Waals surface area contributed by atoms with Gasteiger partial charge in [-0.3, -0.25) is 4.79 Å². The molecule has 0 saturated heterocycles. The summed E-state index contributed by atoms with van der Waals surface area (Å²) < 4.78 is 2.17. The van der Waals surface area contributed by atoms with Crippen LogP contribution >= 0.6 is 46.6 Å². The average Bonchev–Trinajstić information content (AvgIpc) is 3.05. The molecule has 0 aliphatic carbocycles. The lowest BCUT2D eigenvalue weighted by molar-refractivity contribution is -0.113. The molecule has 0 aliphatic rings. The normalized spacial score (nSPS) is 11.3. The monoisotopic (exact) mass is 464 g/mol. The fraction of sp³-hybridized carbons (Fsp3) is 0.400. The number of anilines is 1.